The molecule has 0 spiro atoms. The smallest absolute Gasteiger partial charge is 0.130 e. The molecule has 2 aromatic rings. The number of halogens is 3. The fourth-order valence-corrected chi connectivity index (χ4v) is 2.75. The number of hydrogen-bond acceptors (Lipinski definition) is 2. The highest BCUT2D eigenvalue weighted by molar-refractivity contribution is 9.10. The number of hydrogen-bond donors (Lipinski definition) is 1. The second kappa shape index (κ2) is 7.00. The summed E-state index contributed by atoms with van der Waals surface area (Å²) < 4.78 is 33.5. The predicted octanol–water partition coefficient (Wildman–Crippen LogP) is 4.33. The zero-order chi connectivity index (χ0) is 15.4. The zero-order valence-electron chi connectivity index (χ0n) is 11.8. The van der Waals surface area contributed by atoms with Crippen LogP contribution in [-0.2, 0) is 13.2 Å². The van der Waals surface area contributed by atoms with Gasteiger partial charge < -0.3 is 10.1 Å². The molecule has 0 saturated heterocycles. The number of aryl methyl sites for hydroxylation is 1. The Morgan fingerprint density at radius 2 is 1.90 bits per heavy atom. The minimum Gasteiger partial charge on any atom is -0.488 e. The van der Waals surface area contributed by atoms with Gasteiger partial charge in [0.2, 0.25) is 0 Å². The first-order valence-corrected chi connectivity index (χ1v) is 7.31. The van der Waals surface area contributed by atoms with E-state index in [0.717, 1.165) is 33.8 Å². The molecule has 112 valence electrons. The molecule has 2 rings (SSSR count). The lowest BCUT2D eigenvalue weighted by Crippen LogP contribution is -2.09. The SMILES string of the molecule is CNCc1cc(Br)cc(C)c1OCc1cc(F)ccc1F. The highest BCUT2D eigenvalue weighted by Crippen LogP contribution is 2.29. The third-order valence-corrected chi connectivity index (χ3v) is 3.52. The lowest BCUT2D eigenvalue weighted by molar-refractivity contribution is 0.293. The van der Waals surface area contributed by atoms with Crippen LogP contribution in [0.25, 0.3) is 0 Å². The van der Waals surface area contributed by atoms with Crippen molar-refractivity contribution in [2.45, 2.75) is 20.1 Å². The molecular weight excluding hydrogens is 340 g/mol. The lowest BCUT2D eigenvalue weighted by Gasteiger charge is -2.15. The fraction of sp³-hybridized carbons (Fsp3) is 0.250. The van der Waals surface area contributed by atoms with Crippen molar-refractivity contribution in [3.05, 3.63) is 63.1 Å². The Bertz CT molecular complexity index is 646. The Hall–Kier alpha value is -1.46. The Morgan fingerprint density at radius 1 is 1.14 bits per heavy atom. The van der Waals surface area contributed by atoms with Gasteiger partial charge in [-0.1, -0.05) is 15.9 Å². The summed E-state index contributed by atoms with van der Waals surface area (Å²) in [6, 6.07) is 7.23. The van der Waals surface area contributed by atoms with Gasteiger partial charge in [-0.2, -0.15) is 0 Å². The summed E-state index contributed by atoms with van der Waals surface area (Å²) in [4.78, 5) is 0. The molecule has 1 N–H and O–H groups in total. The zero-order valence-corrected chi connectivity index (χ0v) is 13.4. The van der Waals surface area contributed by atoms with Crippen molar-refractivity contribution in [2.75, 3.05) is 7.05 Å². The second-order valence-electron chi connectivity index (χ2n) is 4.77. The van der Waals surface area contributed by atoms with Gasteiger partial charge in [0, 0.05) is 22.1 Å². The summed E-state index contributed by atoms with van der Waals surface area (Å²) in [6.07, 6.45) is 0. The van der Waals surface area contributed by atoms with Crippen LogP contribution in [0, 0.1) is 18.6 Å². The van der Waals surface area contributed by atoms with E-state index in [1.807, 2.05) is 26.1 Å². The third-order valence-electron chi connectivity index (χ3n) is 3.06. The number of nitrogens with one attached hydrogen (secondary N) is 1. The van der Waals surface area contributed by atoms with Crippen molar-refractivity contribution in [2.24, 2.45) is 0 Å². The lowest BCUT2D eigenvalue weighted by atomic mass is 10.1. The average molecular weight is 356 g/mol. The van der Waals surface area contributed by atoms with Crippen molar-refractivity contribution in [3.8, 4) is 5.75 Å². The van der Waals surface area contributed by atoms with Gasteiger partial charge in [-0.05, 0) is 49.9 Å². The van der Waals surface area contributed by atoms with E-state index in [4.69, 9.17) is 4.74 Å². The van der Waals surface area contributed by atoms with Crippen LogP contribution < -0.4 is 10.1 Å². The van der Waals surface area contributed by atoms with Gasteiger partial charge in [-0.3, -0.25) is 0 Å². The van der Waals surface area contributed by atoms with E-state index < -0.39 is 11.6 Å². The van der Waals surface area contributed by atoms with Crippen LogP contribution in [-0.4, -0.2) is 7.05 Å². The van der Waals surface area contributed by atoms with Crippen molar-refractivity contribution in [1.82, 2.24) is 5.32 Å². The maximum atomic E-state index is 13.6. The average Bonchev–Trinajstić information content (AvgIpc) is 2.41. The predicted molar refractivity (Wildman–Crippen MR) is 82.3 cm³/mol. The maximum Gasteiger partial charge on any atom is 0.130 e. The molecule has 0 aliphatic rings. The van der Waals surface area contributed by atoms with Gasteiger partial charge in [0.25, 0.3) is 0 Å². The monoisotopic (exact) mass is 355 g/mol. The van der Waals surface area contributed by atoms with E-state index >= 15 is 0 Å². The van der Waals surface area contributed by atoms with E-state index in [2.05, 4.69) is 21.2 Å². The molecule has 0 unspecified atom stereocenters. The molecule has 0 amide bonds. The van der Waals surface area contributed by atoms with Crippen molar-refractivity contribution >= 4 is 15.9 Å². The van der Waals surface area contributed by atoms with E-state index in [9.17, 15) is 8.78 Å². The van der Waals surface area contributed by atoms with Crippen molar-refractivity contribution in [3.63, 3.8) is 0 Å². The number of ether oxygens (including phenoxy) is 1. The van der Waals surface area contributed by atoms with Crippen LogP contribution in [0.2, 0.25) is 0 Å². The summed E-state index contributed by atoms with van der Waals surface area (Å²) in [5.41, 5.74) is 2.10. The molecule has 2 nitrogen and oxygen atoms in total. The van der Waals surface area contributed by atoms with Crippen LogP contribution >= 0.6 is 15.9 Å². The van der Waals surface area contributed by atoms with Crippen LogP contribution in [0.5, 0.6) is 5.75 Å². The summed E-state index contributed by atoms with van der Waals surface area (Å²) in [5.74, 6) is -0.254. The minimum absolute atomic E-state index is 0.0111. The molecule has 0 fully saturated rings. The molecule has 0 radical (unpaired) electrons. The summed E-state index contributed by atoms with van der Waals surface area (Å²) in [5, 5.41) is 3.06. The first-order valence-electron chi connectivity index (χ1n) is 6.51. The maximum absolute atomic E-state index is 13.6. The third kappa shape index (κ3) is 4.02. The van der Waals surface area contributed by atoms with E-state index in [-0.39, 0.29) is 12.2 Å². The molecule has 21 heavy (non-hydrogen) atoms. The highest BCUT2D eigenvalue weighted by Gasteiger charge is 2.11. The molecule has 0 aliphatic heterocycles. The second-order valence-corrected chi connectivity index (χ2v) is 5.68. The number of rotatable bonds is 5. The van der Waals surface area contributed by atoms with E-state index in [1.165, 1.54) is 0 Å². The Balaban J connectivity index is 2.25. The van der Waals surface area contributed by atoms with E-state index in [1.54, 1.807) is 0 Å². The molecule has 0 heterocycles. The fourth-order valence-electron chi connectivity index (χ4n) is 2.13. The normalized spacial score (nSPS) is 10.7. The summed E-state index contributed by atoms with van der Waals surface area (Å²) >= 11 is 3.44. The standard InChI is InChI=1S/C16H16BrF2NO/c1-10-5-13(17)6-11(8-20-2)16(10)21-9-12-7-14(18)3-4-15(12)19/h3-7,20H,8-9H2,1-2H3. The molecular formula is C16H16BrF2NO. The van der Waals surface area contributed by atoms with Gasteiger partial charge in [0.15, 0.2) is 0 Å². The highest BCUT2D eigenvalue weighted by atomic mass is 79.9. The quantitative estimate of drug-likeness (QED) is 0.861. The van der Waals surface area contributed by atoms with E-state index in [0.29, 0.717) is 12.3 Å². The Kier molecular flexibility index (Phi) is 5.31. The first kappa shape index (κ1) is 15.9. The Morgan fingerprint density at radius 3 is 2.62 bits per heavy atom. The summed E-state index contributed by atoms with van der Waals surface area (Å²) in [6.45, 7) is 2.53. The minimum atomic E-state index is -0.474. The first-order chi connectivity index (χ1) is 10.0. The molecule has 5 heteroatoms. The largest absolute Gasteiger partial charge is 0.488 e. The van der Waals surface area contributed by atoms with Crippen molar-refractivity contribution in [1.29, 1.82) is 0 Å². The molecule has 0 atom stereocenters. The number of benzene rings is 2. The van der Waals surface area contributed by atoms with Crippen LogP contribution in [0.1, 0.15) is 16.7 Å². The molecule has 0 saturated carbocycles. The molecule has 0 aromatic heterocycles. The molecule has 2 aromatic carbocycles. The molecule has 0 bridgehead atoms. The van der Waals surface area contributed by atoms with Crippen LogP contribution in [0.4, 0.5) is 8.78 Å². The van der Waals surface area contributed by atoms with Gasteiger partial charge in [-0.25, -0.2) is 8.78 Å². The van der Waals surface area contributed by atoms with Crippen LogP contribution in [0.15, 0.2) is 34.8 Å². The van der Waals surface area contributed by atoms with Crippen molar-refractivity contribution < 1.29 is 13.5 Å². The topological polar surface area (TPSA) is 21.3 Å². The van der Waals surface area contributed by atoms with Gasteiger partial charge in [0.05, 0.1) is 0 Å². The van der Waals surface area contributed by atoms with Gasteiger partial charge >= 0.3 is 0 Å². The van der Waals surface area contributed by atoms with Gasteiger partial charge in [0.1, 0.15) is 24.0 Å². The van der Waals surface area contributed by atoms with Gasteiger partial charge in [-0.15, -0.1) is 0 Å². The molecule has 0 aliphatic carbocycles. The Labute approximate surface area is 131 Å². The summed E-state index contributed by atoms with van der Waals surface area (Å²) in [7, 11) is 1.84. The van der Waals surface area contributed by atoms with Crippen LogP contribution in [0.3, 0.4) is 0 Å².